The van der Waals surface area contributed by atoms with E-state index in [9.17, 15) is 14.4 Å². The number of carbonyl (C=O) groups is 2. The third kappa shape index (κ3) is 4.91. The normalized spacial score (nSPS) is 14.3. The van der Waals surface area contributed by atoms with E-state index in [1.165, 1.54) is 20.3 Å². The Morgan fingerprint density at radius 3 is 2.65 bits per heavy atom. The van der Waals surface area contributed by atoms with Gasteiger partial charge in [-0.3, -0.25) is 4.79 Å². The number of aromatic nitrogens is 2. The molecule has 10 nitrogen and oxygen atoms in total. The van der Waals surface area contributed by atoms with Crippen molar-refractivity contribution >= 4 is 35.6 Å². The fourth-order valence-corrected chi connectivity index (χ4v) is 3.20. The van der Waals surface area contributed by atoms with Crippen LogP contribution in [-0.2, 0) is 20.9 Å². The predicted octanol–water partition coefficient (Wildman–Crippen LogP) is 1.89. The number of amides is 1. The number of benzene rings is 1. The number of methoxy groups -OCH3 is 2. The van der Waals surface area contributed by atoms with Gasteiger partial charge in [0.25, 0.3) is 0 Å². The largest absolute Gasteiger partial charge is 0.493 e. The summed E-state index contributed by atoms with van der Waals surface area (Å²) >= 11 is 6.31. The number of esters is 1. The lowest BCUT2D eigenvalue weighted by Crippen LogP contribution is -2.46. The first-order valence-electron chi connectivity index (χ1n) is 9.48. The molecule has 1 aromatic carbocycles. The van der Waals surface area contributed by atoms with Crippen molar-refractivity contribution in [1.82, 2.24) is 15.1 Å². The quantitative estimate of drug-likeness (QED) is 0.573. The molecular formula is C20H22ClN3O7. The van der Waals surface area contributed by atoms with Crippen molar-refractivity contribution in [2.45, 2.75) is 31.8 Å². The van der Waals surface area contributed by atoms with Crippen LogP contribution in [0.5, 0.6) is 11.5 Å². The summed E-state index contributed by atoms with van der Waals surface area (Å²) in [5.74, 6) is -1.01. The Labute approximate surface area is 182 Å². The van der Waals surface area contributed by atoms with Crippen LogP contribution in [0.15, 0.2) is 21.3 Å². The van der Waals surface area contributed by atoms with Gasteiger partial charge in [0.1, 0.15) is 12.1 Å². The van der Waals surface area contributed by atoms with Crippen LogP contribution < -0.4 is 20.5 Å². The van der Waals surface area contributed by atoms with E-state index in [-0.39, 0.29) is 12.5 Å². The Balaban J connectivity index is 1.70. The summed E-state index contributed by atoms with van der Waals surface area (Å²) in [6.07, 6.45) is 4.00. The Bertz CT molecular complexity index is 1070. The first-order valence-corrected chi connectivity index (χ1v) is 9.86. The Kier molecular flexibility index (Phi) is 6.69. The van der Waals surface area contributed by atoms with Crippen molar-refractivity contribution in [1.29, 1.82) is 0 Å². The van der Waals surface area contributed by atoms with E-state index in [4.69, 9.17) is 30.2 Å². The molecular weight excluding hydrogens is 430 g/mol. The number of nitrogens with zero attached hydrogens (tertiary/aromatic N) is 2. The van der Waals surface area contributed by atoms with Gasteiger partial charge in [-0.25, -0.2) is 9.59 Å². The maximum Gasteiger partial charge on any atom is 0.437 e. The van der Waals surface area contributed by atoms with Crippen molar-refractivity contribution in [3.05, 3.63) is 39.2 Å². The van der Waals surface area contributed by atoms with E-state index in [1.807, 2.05) is 0 Å². The third-order valence-electron chi connectivity index (χ3n) is 4.63. The summed E-state index contributed by atoms with van der Waals surface area (Å²) in [6, 6.07) is 3.38. The van der Waals surface area contributed by atoms with E-state index in [2.05, 4.69) is 10.4 Å². The third-order valence-corrected chi connectivity index (χ3v) is 5.02. The molecule has 1 aromatic heterocycles. The first kappa shape index (κ1) is 22.4. The minimum absolute atomic E-state index is 0.0184. The maximum absolute atomic E-state index is 12.3. The molecule has 1 N–H and O–H groups in total. The SMILES string of the molecule is CCOC(=O)C1(NC(=O)Cn2nc(C=Cc3ccc(OC)c(OC)c3Cl)oc2=O)CC1. The molecule has 31 heavy (non-hydrogen) atoms. The van der Waals surface area contributed by atoms with Gasteiger partial charge < -0.3 is 23.9 Å². The van der Waals surface area contributed by atoms with Gasteiger partial charge in [0.2, 0.25) is 11.8 Å². The highest BCUT2D eigenvalue weighted by Gasteiger charge is 2.52. The van der Waals surface area contributed by atoms with Crippen molar-refractivity contribution in [3.8, 4) is 11.5 Å². The molecule has 0 unspecified atom stereocenters. The molecule has 166 valence electrons. The van der Waals surface area contributed by atoms with Crippen molar-refractivity contribution < 1.29 is 28.2 Å². The summed E-state index contributed by atoms with van der Waals surface area (Å²) in [6.45, 7) is 1.52. The number of carbonyl (C=O) groups excluding carboxylic acids is 2. The lowest BCUT2D eigenvalue weighted by Gasteiger charge is -2.15. The zero-order valence-electron chi connectivity index (χ0n) is 17.3. The number of hydrogen-bond acceptors (Lipinski definition) is 8. The molecule has 11 heteroatoms. The van der Waals surface area contributed by atoms with Gasteiger partial charge in [0.15, 0.2) is 11.5 Å². The lowest BCUT2D eigenvalue weighted by atomic mass is 10.2. The molecule has 1 aliphatic carbocycles. The van der Waals surface area contributed by atoms with E-state index in [1.54, 1.807) is 25.1 Å². The Morgan fingerprint density at radius 2 is 2.03 bits per heavy atom. The number of hydrogen-bond donors (Lipinski definition) is 1. The summed E-state index contributed by atoms with van der Waals surface area (Å²) in [7, 11) is 2.97. The summed E-state index contributed by atoms with van der Waals surface area (Å²) in [5.41, 5.74) is -0.424. The van der Waals surface area contributed by atoms with Crippen LogP contribution in [-0.4, -0.2) is 48.0 Å². The topological polar surface area (TPSA) is 122 Å². The van der Waals surface area contributed by atoms with Gasteiger partial charge in [-0.2, -0.15) is 4.68 Å². The van der Waals surface area contributed by atoms with Crippen LogP contribution in [0.3, 0.4) is 0 Å². The monoisotopic (exact) mass is 451 g/mol. The zero-order valence-corrected chi connectivity index (χ0v) is 18.0. The second-order valence-electron chi connectivity index (χ2n) is 6.75. The number of halogens is 1. The summed E-state index contributed by atoms with van der Waals surface area (Å²) in [5, 5.41) is 6.90. The molecule has 1 heterocycles. The van der Waals surface area contributed by atoms with E-state index >= 15 is 0 Å². The van der Waals surface area contributed by atoms with Gasteiger partial charge in [0, 0.05) is 6.08 Å². The van der Waals surface area contributed by atoms with E-state index in [0.29, 0.717) is 34.9 Å². The Hall–Kier alpha value is -3.27. The molecule has 2 aromatic rings. The standard InChI is InChI=1S/C20H22ClN3O7/c1-4-30-18(26)20(9-10-20)22-14(25)11-24-19(27)31-15(23-24)8-6-12-5-7-13(28-2)17(29-3)16(12)21/h5-8H,4,9-11H2,1-3H3,(H,22,25). The highest BCUT2D eigenvalue weighted by Crippen LogP contribution is 2.38. The van der Waals surface area contributed by atoms with E-state index in [0.717, 1.165) is 4.68 Å². The summed E-state index contributed by atoms with van der Waals surface area (Å²) < 4.78 is 21.3. The van der Waals surface area contributed by atoms with Gasteiger partial charge in [-0.05, 0) is 43.5 Å². The average Bonchev–Trinajstić information content (AvgIpc) is 3.44. The van der Waals surface area contributed by atoms with Crippen LogP contribution in [0.25, 0.3) is 12.2 Å². The smallest absolute Gasteiger partial charge is 0.437 e. The molecule has 3 rings (SSSR count). The van der Waals surface area contributed by atoms with E-state index < -0.39 is 29.7 Å². The zero-order chi connectivity index (χ0) is 22.6. The minimum atomic E-state index is -1.01. The van der Waals surface area contributed by atoms with Gasteiger partial charge >= 0.3 is 11.7 Å². The van der Waals surface area contributed by atoms with Crippen molar-refractivity contribution in [2.75, 3.05) is 20.8 Å². The Morgan fingerprint density at radius 1 is 1.29 bits per heavy atom. The van der Waals surface area contributed by atoms with Gasteiger partial charge in [0.05, 0.1) is 25.8 Å². The van der Waals surface area contributed by atoms with Crippen LogP contribution in [0, 0.1) is 0 Å². The highest BCUT2D eigenvalue weighted by atomic mass is 35.5. The molecule has 0 atom stereocenters. The maximum atomic E-state index is 12.3. The van der Waals surface area contributed by atoms with Crippen LogP contribution in [0.2, 0.25) is 5.02 Å². The lowest BCUT2D eigenvalue weighted by molar-refractivity contribution is -0.148. The average molecular weight is 452 g/mol. The van der Waals surface area contributed by atoms with Crippen LogP contribution >= 0.6 is 11.6 Å². The molecule has 0 aliphatic heterocycles. The van der Waals surface area contributed by atoms with Gasteiger partial charge in [-0.1, -0.05) is 11.6 Å². The molecule has 0 radical (unpaired) electrons. The van der Waals surface area contributed by atoms with Crippen LogP contribution in [0.1, 0.15) is 31.2 Å². The number of ether oxygens (including phenoxy) is 3. The minimum Gasteiger partial charge on any atom is -0.493 e. The fraction of sp³-hybridized carbons (Fsp3) is 0.400. The fourth-order valence-electron chi connectivity index (χ4n) is 2.90. The highest BCUT2D eigenvalue weighted by molar-refractivity contribution is 6.34. The number of rotatable bonds is 9. The van der Waals surface area contributed by atoms with Crippen LogP contribution in [0.4, 0.5) is 0 Å². The summed E-state index contributed by atoms with van der Waals surface area (Å²) in [4.78, 5) is 36.2. The molecule has 1 aliphatic rings. The second-order valence-corrected chi connectivity index (χ2v) is 7.13. The molecule has 0 spiro atoms. The predicted molar refractivity (Wildman–Crippen MR) is 111 cm³/mol. The first-order chi connectivity index (χ1) is 14.8. The van der Waals surface area contributed by atoms with Crippen molar-refractivity contribution in [3.63, 3.8) is 0 Å². The molecule has 1 fully saturated rings. The molecule has 0 bridgehead atoms. The number of nitrogens with one attached hydrogen (secondary N) is 1. The van der Waals surface area contributed by atoms with Gasteiger partial charge in [-0.15, -0.1) is 5.10 Å². The molecule has 1 amide bonds. The second kappa shape index (κ2) is 9.25. The van der Waals surface area contributed by atoms with Crippen molar-refractivity contribution in [2.24, 2.45) is 0 Å². The molecule has 1 saturated carbocycles. The molecule has 0 saturated heterocycles.